The van der Waals surface area contributed by atoms with E-state index < -0.39 is 11.7 Å². The fourth-order valence-electron chi connectivity index (χ4n) is 3.49. The first-order chi connectivity index (χ1) is 15.2. The molecule has 1 aromatic carbocycles. The molecular formula is C23H25N5O4. The Bertz CT molecular complexity index is 1250. The van der Waals surface area contributed by atoms with Gasteiger partial charge in [0.05, 0.1) is 43.3 Å². The second-order valence-corrected chi connectivity index (χ2v) is 7.57. The molecule has 9 nitrogen and oxygen atoms in total. The van der Waals surface area contributed by atoms with Crippen LogP contribution in [0.1, 0.15) is 52.5 Å². The molecule has 1 unspecified atom stereocenters. The average Bonchev–Trinajstić information content (AvgIpc) is 2.73. The Kier molecular flexibility index (Phi) is 6.55. The number of aliphatic hydroxyl groups is 1. The summed E-state index contributed by atoms with van der Waals surface area (Å²) in [7, 11) is 1.51. The lowest BCUT2D eigenvalue weighted by Crippen LogP contribution is -2.25. The molecule has 0 bridgehead atoms. The van der Waals surface area contributed by atoms with Gasteiger partial charge in [0.15, 0.2) is 0 Å². The first-order valence-corrected chi connectivity index (χ1v) is 10.0. The third-order valence-electron chi connectivity index (χ3n) is 5.02. The minimum absolute atomic E-state index is 0.0805. The van der Waals surface area contributed by atoms with Crippen LogP contribution >= 0.6 is 0 Å². The van der Waals surface area contributed by atoms with Crippen LogP contribution in [0.15, 0.2) is 23.3 Å². The number of rotatable bonds is 6. The van der Waals surface area contributed by atoms with Gasteiger partial charge in [0.2, 0.25) is 11.6 Å². The Hall–Kier alpha value is -3.77. The van der Waals surface area contributed by atoms with Gasteiger partial charge >= 0.3 is 0 Å². The van der Waals surface area contributed by atoms with Crippen molar-refractivity contribution in [2.45, 2.75) is 47.3 Å². The minimum Gasteiger partial charge on any atom is -0.481 e. The summed E-state index contributed by atoms with van der Waals surface area (Å²) in [4.78, 5) is 26.3. The van der Waals surface area contributed by atoms with E-state index in [2.05, 4.69) is 21.0 Å². The van der Waals surface area contributed by atoms with Crippen molar-refractivity contribution in [2.24, 2.45) is 0 Å². The van der Waals surface area contributed by atoms with Crippen LogP contribution in [0, 0.1) is 39.0 Å². The van der Waals surface area contributed by atoms with Crippen LogP contribution in [-0.4, -0.2) is 31.7 Å². The average molecular weight is 435 g/mol. The maximum Gasteiger partial charge on any atom is 0.297 e. The number of benzene rings is 1. The van der Waals surface area contributed by atoms with Crippen molar-refractivity contribution in [2.75, 3.05) is 7.11 Å². The van der Waals surface area contributed by atoms with Gasteiger partial charge in [-0.2, -0.15) is 10.2 Å². The highest BCUT2D eigenvalue weighted by Crippen LogP contribution is 2.31. The van der Waals surface area contributed by atoms with E-state index in [1.807, 2.05) is 6.92 Å². The number of methoxy groups -OCH3 is 1. The maximum atomic E-state index is 13.4. The van der Waals surface area contributed by atoms with Crippen LogP contribution in [0.25, 0.3) is 0 Å². The van der Waals surface area contributed by atoms with Gasteiger partial charge in [0.1, 0.15) is 17.3 Å². The van der Waals surface area contributed by atoms with Crippen molar-refractivity contribution in [3.05, 3.63) is 68.3 Å². The summed E-state index contributed by atoms with van der Waals surface area (Å²) in [5.41, 5.74) is 2.85. The Morgan fingerprint density at radius 3 is 2.38 bits per heavy atom. The summed E-state index contributed by atoms with van der Waals surface area (Å²) in [6, 6.07) is 5.46. The zero-order chi connectivity index (χ0) is 23.6. The molecule has 32 heavy (non-hydrogen) atoms. The standard InChI is InChI=1S/C23H25N5O4/c1-12-7-17(9-24)8-13(2)20(12)32-21-19(15(4)29)25-11-28(23(21)30)10-18-14(3)26-16(5)27-22(18)31-6/h7-8,11,15,29H,10H2,1-6H3. The Balaban J connectivity index is 2.12. The molecule has 0 radical (unpaired) electrons. The van der Waals surface area contributed by atoms with Crippen LogP contribution in [0.4, 0.5) is 0 Å². The summed E-state index contributed by atoms with van der Waals surface area (Å²) < 4.78 is 12.8. The highest BCUT2D eigenvalue weighted by Gasteiger charge is 2.21. The zero-order valence-electron chi connectivity index (χ0n) is 18.9. The van der Waals surface area contributed by atoms with Gasteiger partial charge in [-0.3, -0.25) is 9.36 Å². The van der Waals surface area contributed by atoms with Gasteiger partial charge in [-0.1, -0.05) is 0 Å². The van der Waals surface area contributed by atoms with Gasteiger partial charge in [0.25, 0.3) is 5.56 Å². The first kappa shape index (κ1) is 22.9. The first-order valence-electron chi connectivity index (χ1n) is 10.0. The molecule has 2 heterocycles. The quantitative estimate of drug-likeness (QED) is 0.627. The van der Waals surface area contributed by atoms with E-state index in [0.717, 1.165) is 0 Å². The van der Waals surface area contributed by atoms with Gasteiger partial charge in [0, 0.05) is 5.69 Å². The zero-order valence-corrected chi connectivity index (χ0v) is 18.9. The predicted octanol–water partition coefficient (Wildman–Crippen LogP) is 3.04. The summed E-state index contributed by atoms with van der Waals surface area (Å²) in [5, 5.41) is 19.4. The van der Waals surface area contributed by atoms with Crippen LogP contribution in [0.2, 0.25) is 0 Å². The molecule has 0 spiro atoms. The number of aliphatic hydroxyl groups excluding tert-OH is 1. The molecule has 0 aliphatic rings. The Morgan fingerprint density at radius 1 is 1.16 bits per heavy atom. The molecule has 1 N–H and O–H groups in total. The SMILES string of the molecule is COc1nc(C)nc(C)c1Cn1cnc(C(C)O)c(Oc2c(C)cc(C#N)cc2C)c1=O. The molecule has 0 saturated heterocycles. The fourth-order valence-corrected chi connectivity index (χ4v) is 3.49. The molecule has 3 aromatic rings. The Labute approximate surface area is 185 Å². The number of nitriles is 1. The van der Waals surface area contributed by atoms with Crippen molar-refractivity contribution in [3.63, 3.8) is 0 Å². The molecule has 0 aliphatic carbocycles. The van der Waals surface area contributed by atoms with Gasteiger partial charge in [-0.15, -0.1) is 0 Å². The van der Waals surface area contributed by atoms with E-state index in [-0.39, 0.29) is 18.0 Å². The smallest absolute Gasteiger partial charge is 0.297 e. The van der Waals surface area contributed by atoms with E-state index in [4.69, 9.17) is 9.47 Å². The van der Waals surface area contributed by atoms with Gasteiger partial charge in [-0.25, -0.2) is 9.97 Å². The summed E-state index contributed by atoms with van der Waals surface area (Å²) in [5.74, 6) is 1.30. The van der Waals surface area contributed by atoms with Crippen LogP contribution in [0.3, 0.4) is 0 Å². The third-order valence-corrected chi connectivity index (χ3v) is 5.02. The Morgan fingerprint density at radius 2 is 1.81 bits per heavy atom. The highest BCUT2D eigenvalue weighted by atomic mass is 16.5. The number of aromatic nitrogens is 4. The predicted molar refractivity (Wildman–Crippen MR) is 117 cm³/mol. The molecule has 2 aromatic heterocycles. The number of aryl methyl sites for hydroxylation is 4. The van der Waals surface area contributed by atoms with Gasteiger partial charge in [-0.05, 0) is 57.9 Å². The maximum absolute atomic E-state index is 13.4. The number of ether oxygens (including phenoxy) is 2. The number of hydrogen-bond acceptors (Lipinski definition) is 8. The fraction of sp³-hybridized carbons (Fsp3) is 0.348. The van der Waals surface area contributed by atoms with Crippen molar-refractivity contribution in [1.29, 1.82) is 5.26 Å². The topological polar surface area (TPSA) is 123 Å². The summed E-state index contributed by atoms with van der Waals surface area (Å²) in [6.07, 6.45) is 0.333. The largest absolute Gasteiger partial charge is 0.481 e. The highest BCUT2D eigenvalue weighted by molar-refractivity contribution is 5.49. The van der Waals surface area contributed by atoms with Crippen LogP contribution < -0.4 is 15.0 Å². The number of hydrogen-bond donors (Lipinski definition) is 1. The van der Waals surface area contributed by atoms with Crippen molar-refractivity contribution < 1.29 is 14.6 Å². The van der Waals surface area contributed by atoms with Crippen LogP contribution in [0.5, 0.6) is 17.4 Å². The van der Waals surface area contributed by atoms with Crippen LogP contribution in [-0.2, 0) is 6.54 Å². The third kappa shape index (κ3) is 4.45. The molecule has 9 heteroatoms. The van der Waals surface area contributed by atoms with Crippen molar-refractivity contribution >= 4 is 0 Å². The van der Waals surface area contributed by atoms with E-state index in [0.29, 0.717) is 45.4 Å². The molecule has 1 atom stereocenters. The molecule has 0 saturated carbocycles. The lowest BCUT2D eigenvalue weighted by molar-refractivity contribution is 0.189. The minimum atomic E-state index is -1.02. The summed E-state index contributed by atoms with van der Waals surface area (Å²) in [6.45, 7) is 8.78. The lowest BCUT2D eigenvalue weighted by Gasteiger charge is -2.18. The van der Waals surface area contributed by atoms with E-state index >= 15 is 0 Å². The lowest BCUT2D eigenvalue weighted by atomic mass is 10.1. The molecular weight excluding hydrogens is 410 g/mol. The second kappa shape index (κ2) is 9.16. The van der Waals surface area contributed by atoms with Gasteiger partial charge < -0.3 is 14.6 Å². The molecule has 0 amide bonds. The molecule has 166 valence electrons. The van der Waals surface area contributed by atoms with Crippen molar-refractivity contribution in [3.8, 4) is 23.4 Å². The summed E-state index contributed by atoms with van der Waals surface area (Å²) >= 11 is 0. The normalized spacial score (nSPS) is 11.7. The van der Waals surface area contributed by atoms with E-state index in [1.54, 1.807) is 32.9 Å². The molecule has 0 fully saturated rings. The second-order valence-electron chi connectivity index (χ2n) is 7.57. The molecule has 3 rings (SSSR count). The van der Waals surface area contributed by atoms with E-state index in [9.17, 15) is 15.2 Å². The van der Waals surface area contributed by atoms with Crippen molar-refractivity contribution in [1.82, 2.24) is 19.5 Å². The monoisotopic (exact) mass is 435 g/mol. The van der Waals surface area contributed by atoms with E-state index in [1.165, 1.54) is 24.9 Å². The number of nitrogens with zero attached hydrogens (tertiary/aromatic N) is 5. The molecule has 0 aliphatic heterocycles.